The molecule has 0 radical (unpaired) electrons. The SMILES string of the molecule is Cl.O=S(=O)(NC1CC1)c1ccc(S(=O)(=O)N2C[C@H]3CNC[C@H]3C2)cc1. The smallest absolute Gasteiger partial charge is 0.243 e. The number of hydrogen-bond acceptors (Lipinski definition) is 5. The normalized spacial score (nSPS) is 27.0. The van der Waals surface area contributed by atoms with Gasteiger partial charge in [0.25, 0.3) is 0 Å². The summed E-state index contributed by atoms with van der Waals surface area (Å²) in [5, 5.41) is 3.29. The van der Waals surface area contributed by atoms with Gasteiger partial charge in [0.1, 0.15) is 0 Å². The molecule has 0 bridgehead atoms. The molecular weight excluding hydrogens is 386 g/mol. The molecule has 7 nitrogen and oxygen atoms in total. The van der Waals surface area contributed by atoms with Crippen LogP contribution in [0.15, 0.2) is 34.1 Å². The molecule has 2 heterocycles. The van der Waals surface area contributed by atoms with Crippen molar-refractivity contribution in [3.8, 4) is 0 Å². The van der Waals surface area contributed by atoms with Gasteiger partial charge in [0.15, 0.2) is 0 Å². The average Bonchev–Trinajstić information content (AvgIpc) is 3.07. The molecule has 2 saturated heterocycles. The van der Waals surface area contributed by atoms with E-state index in [2.05, 4.69) is 10.0 Å². The second kappa shape index (κ2) is 6.79. The molecule has 0 amide bonds. The van der Waals surface area contributed by atoms with Crippen LogP contribution in [0.1, 0.15) is 12.8 Å². The zero-order chi connectivity index (χ0) is 16.9. The van der Waals surface area contributed by atoms with E-state index in [1.807, 2.05) is 0 Å². The van der Waals surface area contributed by atoms with Crippen molar-refractivity contribution in [2.24, 2.45) is 11.8 Å². The predicted octanol–water partition coefficient (Wildman–Crippen LogP) is 0.389. The Morgan fingerprint density at radius 3 is 1.96 bits per heavy atom. The Balaban J connectivity index is 0.00000182. The van der Waals surface area contributed by atoms with Gasteiger partial charge < -0.3 is 5.32 Å². The van der Waals surface area contributed by atoms with Gasteiger partial charge in [-0.2, -0.15) is 4.31 Å². The van der Waals surface area contributed by atoms with Crippen LogP contribution in [0.5, 0.6) is 0 Å². The van der Waals surface area contributed by atoms with Crippen LogP contribution in [-0.2, 0) is 20.0 Å². The van der Waals surface area contributed by atoms with E-state index in [-0.39, 0.29) is 28.2 Å². The Morgan fingerprint density at radius 2 is 1.44 bits per heavy atom. The van der Waals surface area contributed by atoms with Gasteiger partial charge in [0, 0.05) is 19.1 Å². The summed E-state index contributed by atoms with van der Waals surface area (Å²) in [6.45, 7) is 2.79. The van der Waals surface area contributed by atoms with Crippen molar-refractivity contribution in [3.63, 3.8) is 0 Å². The first-order valence-corrected chi connectivity index (χ1v) is 11.1. The van der Waals surface area contributed by atoms with Crippen molar-refractivity contribution >= 4 is 32.5 Å². The summed E-state index contributed by atoms with van der Waals surface area (Å²) in [5.41, 5.74) is 0. The van der Waals surface area contributed by atoms with E-state index in [1.165, 1.54) is 28.6 Å². The molecule has 2 N–H and O–H groups in total. The fourth-order valence-corrected chi connectivity index (χ4v) is 6.30. The van der Waals surface area contributed by atoms with Gasteiger partial charge in [-0.05, 0) is 62.0 Å². The molecule has 10 heteroatoms. The second-order valence-electron chi connectivity index (χ2n) is 6.87. The van der Waals surface area contributed by atoms with Crippen LogP contribution in [0.4, 0.5) is 0 Å². The lowest BCUT2D eigenvalue weighted by Crippen LogP contribution is -2.32. The lowest BCUT2D eigenvalue weighted by atomic mass is 10.0. The van der Waals surface area contributed by atoms with E-state index in [1.54, 1.807) is 0 Å². The Kier molecular flexibility index (Phi) is 5.18. The highest BCUT2D eigenvalue weighted by molar-refractivity contribution is 7.89. The molecule has 1 aliphatic carbocycles. The number of nitrogens with zero attached hydrogens (tertiary/aromatic N) is 1. The number of benzene rings is 1. The Labute approximate surface area is 154 Å². The van der Waals surface area contributed by atoms with E-state index in [4.69, 9.17) is 0 Å². The van der Waals surface area contributed by atoms with E-state index >= 15 is 0 Å². The molecule has 3 fully saturated rings. The lowest BCUT2D eigenvalue weighted by Gasteiger charge is -2.17. The van der Waals surface area contributed by atoms with Gasteiger partial charge in [-0.3, -0.25) is 0 Å². The minimum Gasteiger partial charge on any atom is -0.316 e. The molecule has 2 aliphatic heterocycles. The first-order valence-electron chi connectivity index (χ1n) is 8.19. The number of nitrogens with one attached hydrogen (secondary N) is 2. The van der Waals surface area contributed by atoms with Crippen molar-refractivity contribution in [2.75, 3.05) is 26.2 Å². The Bertz CT molecular complexity index is 826. The van der Waals surface area contributed by atoms with Crippen LogP contribution in [0.25, 0.3) is 0 Å². The topological polar surface area (TPSA) is 95.6 Å². The van der Waals surface area contributed by atoms with Crippen molar-refractivity contribution in [2.45, 2.75) is 28.7 Å². The third-order valence-corrected chi connectivity index (χ3v) is 8.41. The van der Waals surface area contributed by atoms with E-state index in [0.29, 0.717) is 24.9 Å². The summed E-state index contributed by atoms with van der Waals surface area (Å²) in [5.74, 6) is 0.754. The highest BCUT2D eigenvalue weighted by atomic mass is 35.5. The molecule has 0 spiro atoms. The molecule has 2 atom stereocenters. The van der Waals surface area contributed by atoms with Gasteiger partial charge >= 0.3 is 0 Å². The van der Waals surface area contributed by atoms with Crippen molar-refractivity contribution in [1.82, 2.24) is 14.3 Å². The maximum atomic E-state index is 12.8. The van der Waals surface area contributed by atoms with Crippen LogP contribution in [-0.4, -0.2) is 53.4 Å². The van der Waals surface area contributed by atoms with Gasteiger partial charge in [-0.25, -0.2) is 21.6 Å². The highest BCUT2D eigenvalue weighted by Gasteiger charge is 2.41. The van der Waals surface area contributed by atoms with Crippen LogP contribution in [0, 0.1) is 11.8 Å². The van der Waals surface area contributed by atoms with Crippen LogP contribution in [0.3, 0.4) is 0 Å². The van der Waals surface area contributed by atoms with Crippen LogP contribution >= 0.6 is 12.4 Å². The quantitative estimate of drug-likeness (QED) is 0.736. The van der Waals surface area contributed by atoms with Gasteiger partial charge in [-0.15, -0.1) is 12.4 Å². The molecule has 1 saturated carbocycles. The second-order valence-corrected chi connectivity index (χ2v) is 10.5. The molecule has 25 heavy (non-hydrogen) atoms. The van der Waals surface area contributed by atoms with E-state index in [9.17, 15) is 16.8 Å². The first-order chi connectivity index (χ1) is 11.4. The molecule has 140 valence electrons. The lowest BCUT2D eigenvalue weighted by molar-refractivity contribution is 0.448. The maximum Gasteiger partial charge on any atom is 0.243 e. The minimum atomic E-state index is -3.56. The summed E-state index contributed by atoms with van der Waals surface area (Å²) < 4.78 is 53.9. The number of halogens is 1. The summed E-state index contributed by atoms with van der Waals surface area (Å²) in [6, 6.07) is 5.55. The van der Waals surface area contributed by atoms with Crippen molar-refractivity contribution in [3.05, 3.63) is 24.3 Å². The Hall–Kier alpha value is -0.710. The minimum absolute atomic E-state index is 0. The van der Waals surface area contributed by atoms with E-state index < -0.39 is 20.0 Å². The number of hydrogen-bond donors (Lipinski definition) is 2. The van der Waals surface area contributed by atoms with E-state index in [0.717, 1.165) is 25.9 Å². The molecule has 4 rings (SSSR count). The number of rotatable bonds is 5. The monoisotopic (exact) mass is 407 g/mol. The predicted molar refractivity (Wildman–Crippen MR) is 95.6 cm³/mol. The fourth-order valence-electron chi connectivity index (χ4n) is 3.44. The van der Waals surface area contributed by atoms with Crippen molar-refractivity contribution in [1.29, 1.82) is 0 Å². The maximum absolute atomic E-state index is 12.8. The van der Waals surface area contributed by atoms with Crippen LogP contribution in [0.2, 0.25) is 0 Å². The third-order valence-electron chi connectivity index (χ3n) is 5.03. The van der Waals surface area contributed by atoms with Crippen LogP contribution < -0.4 is 10.0 Å². The fraction of sp³-hybridized carbons (Fsp3) is 0.600. The summed E-state index contributed by atoms with van der Waals surface area (Å²) in [4.78, 5) is 0.261. The molecular formula is C15H22ClN3O4S2. The summed E-state index contributed by atoms with van der Waals surface area (Å²) in [7, 11) is -7.12. The average molecular weight is 408 g/mol. The van der Waals surface area contributed by atoms with Gasteiger partial charge in [0.2, 0.25) is 20.0 Å². The first kappa shape index (κ1) is 19.1. The van der Waals surface area contributed by atoms with Gasteiger partial charge in [0.05, 0.1) is 9.79 Å². The molecule has 3 aliphatic rings. The zero-order valence-corrected chi connectivity index (χ0v) is 16.0. The summed E-state index contributed by atoms with van der Waals surface area (Å²) in [6.07, 6.45) is 1.72. The van der Waals surface area contributed by atoms with Crippen molar-refractivity contribution < 1.29 is 16.8 Å². The summed E-state index contributed by atoms with van der Waals surface area (Å²) >= 11 is 0. The largest absolute Gasteiger partial charge is 0.316 e. The highest BCUT2D eigenvalue weighted by Crippen LogP contribution is 2.31. The molecule has 1 aromatic carbocycles. The standard InChI is InChI=1S/C15H21N3O4S2.ClH/c19-23(20,17-13-1-2-13)14-3-5-15(6-4-14)24(21,22)18-9-11-7-16-8-12(11)10-18;/h3-6,11-13,16-17H,1-2,7-10H2;1H/t11-,12+;. The third kappa shape index (κ3) is 3.72. The Morgan fingerprint density at radius 1 is 0.920 bits per heavy atom. The zero-order valence-electron chi connectivity index (χ0n) is 13.6. The molecule has 0 aromatic heterocycles. The number of fused-ring (bicyclic) bond motifs is 1. The number of sulfonamides is 2. The van der Waals surface area contributed by atoms with Gasteiger partial charge in [-0.1, -0.05) is 0 Å². The molecule has 0 unspecified atom stereocenters. The molecule has 1 aromatic rings.